The number of anilines is 1. The molecule has 0 saturated heterocycles. The van der Waals surface area contributed by atoms with Crippen LogP contribution >= 0.6 is 23.7 Å². The summed E-state index contributed by atoms with van der Waals surface area (Å²) < 4.78 is 1.15. The number of hydrogen-bond donors (Lipinski definition) is 4. The van der Waals surface area contributed by atoms with Gasteiger partial charge in [0.15, 0.2) is 10.8 Å². The lowest BCUT2D eigenvalue weighted by Crippen LogP contribution is -2.31. The van der Waals surface area contributed by atoms with Gasteiger partial charge in [0.1, 0.15) is 0 Å². The highest BCUT2D eigenvalue weighted by atomic mass is 35.5. The molecular formula is C16H19ClN6OS. The minimum absolute atomic E-state index is 0. The van der Waals surface area contributed by atoms with Gasteiger partial charge in [-0.15, -0.1) is 12.4 Å². The molecule has 0 fully saturated rings. The molecule has 0 atom stereocenters. The van der Waals surface area contributed by atoms with Crippen molar-refractivity contribution in [2.45, 2.75) is 13.0 Å². The fourth-order valence-electron chi connectivity index (χ4n) is 2.79. The van der Waals surface area contributed by atoms with Gasteiger partial charge in [-0.1, -0.05) is 23.5 Å². The molecule has 0 aliphatic carbocycles. The number of carbonyl (C=O) groups excluding carboxylic acids is 1. The quantitative estimate of drug-likeness (QED) is 0.509. The maximum absolute atomic E-state index is 12.3. The number of nitrogens with one attached hydrogen (secondary N) is 4. The highest BCUT2D eigenvalue weighted by Gasteiger charge is 2.21. The zero-order valence-corrected chi connectivity index (χ0v) is 15.1. The molecule has 3 aromatic rings. The highest BCUT2D eigenvalue weighted by molar-refractivity contribution is 7.22. The van der Waals surface area contributed by atoms with Gasteiger partial charge in [0, 0.05) is 43.9 Å². The number of fused-ring (bicyclic) bond motifs is 2. The molecule has 0 saturated carbocycles. The Labute approximate surface area is 155 Å². The summed E-state index contributed by atoms with van der Waals surface area (Å²) in [5.74, 6) is -0.137. The number of aromatic amines is 1. The number of carbonyl (C=O) groups is 1. The molecule has 4 N–H and O–H groups in total. The predicted molar refractivity (Wildman–Crippen MR) is 102 cm³/mol. The van der Waals surface area contributed by atoms with E-state index in [1.807, 2.05) is 18.2 Å². The fraction of sp³-hybridized carbons (Fsp3) is 0.312. The van der Waals surface area contributed by atoms with Gasteiger partial charge in [0.2, 0.25) is 0 Å². The lowest BCUT2D eigenvalue weighted by Gasteiger charge is -2.12. The Balaban J connectivity index is 0.00000182. The first kappa shape index (κ1) is 17.7. The van der Waals surface area contributed by atoms with E-state index < -0.39 is 0 Å². The van der Waals surface area contributed by atoms with E-state index in [1.54, 1.807) is 11.3 Å². The van der Waals surface area contributed by atoms with Crippen molar-refractivity contribution in [3.8, 4) is 0 Å². The average Bonchev–Trinajstić information content (AvgIpc) is 3.22. The van der Waals surface area contributed by atoms with E-state index in [1.165, 1.54) is 0 Å². The van der Waals surface area contributed by atoms with Gasteiger partial charge in [0.05, 0.1) is 10.2 Å². The monoisotopic (exact) mass is 378 g/mol. The molecule has 0 radical (unpaired) electrons. The van der Waals surface area contributed by atoms with Gasteiger partial charge in [0.25, 0.3) is 5.91 Å². The van der Waals surface area contributed by atoms with Crippen molar-refractivity contribution in [1.29, 1.82) is 0 Å². The van der Waals surface area contributed by atoms with Crippen LogP contribution in [0.3, 0.4) is 0 Å². The molecule has 7 nitrogen and oxygen atoms in total. The summed E-state index contributed by atoms with van der Waals surface area (Å²) in [6.07, 6.45) is 0.884. The van der Waals surface area contributed by atoms with Crippen molar-refractivity contribution in [3.05, 3.63) is 41.2 Å². The van der Waals surface area contributed by atoms with Gasteiger partial charge in [-0.05, 0) is 12.1 Å². The van der Waals surface area contributed by atoms with Gasteiger partial charge >= 0.3 is 0 Å². The summed E-state index contributed by atoms with van der Waals surface area (Å²) in [4.78, 5) is 16.8. The van der Waals surface area contributed by atoms with Crippen molar-refractivity contribution >= 4 is 45.0 Å². The van der Waals surface area contributed by atoms with Crippen LogP contribution in [0.15, 0.2) is 24.3 Å². The topological polar surface area (TPSA) is 94.7 Å². The molecule has 1 aliphatic rings. The number of halogens is 1. The van der Waals surface area contributed by atoms with Gasteiger partial charge in [-0.2, -0.15) is 5.10 Å². The smallest absolute Gasteiger partial charge is 0.272 e. The van der Waals surface area contributed by atoms with Gasteiger partial charge in [-0.25, -0.2) is 4.98 Å². The number of thiazole rings is 1. The first-order valence-corrected chi connectivity index (χ1v) is 8.77. The summed E-state index contributed by atoms with van der Waals surface area (Å²) in [6.45, 7) is 2.75. The van der Waals surface area contributed by atoms with Crippen LogP contribution in [0.2, 0.25) is 0 Å². The van der Waals surface area contributed by atoms with Gasteiger partial charge < -0.3 is 16.0 Å². The third-order valence-electron chi connectivity index (χ3n) is 4.00. The molecule has 0 unspecified atom stereocenters. The third-order valence-corrected chi connectivity index (χ3v) is 5.00. The molecule has 1 amide bonds. The maximum atomic E-state index is 12.3. The zero-order chi connectivity index (χ0) is 16.4. The van der Waals surface area contributed by atoms with E-state index in [-0.39, 0.29) is 18.3 Å². The Morgan fingerprint density at radius 1 is 1.28 bits per heavy atom. The normalized spacial score (nSPS) is 13.1. The number of amides is 1. The number of benzene rings is 1. The largest absolute Gasteiger partial charge is 0.360 e. The van der Waals surface area contributed by atoms with E-state index in [0.29, 0.717) is 25.3 Å². The molecule has 0 bridgehead atoms. The van der Waals surface area contributed by atoms with Crippen LogP contribution in [0.25, 0.3) is 10.2 Å². The van der Waals surface area contributed by atoms with Crippen LogP contribution in [-0.2, 0) is 13.0 Å². The van der Waals surface area contributed by atoms with Crippen molar-refractivity contribution in [2.75, 3.05) is 25.0 Å². The Morgan fingerprint density at radius 2 is 2.16 bits per heavy atom. The molecule has 9 heteroatoms. The van der Waals surface area contributed by atoms with Crippen LogP contribution < -0.4 is 16.0 Å². The minimum atomic E-state index is -0.137. The molecular weight excluding hydrogens is 360 g/mol. The number of aromatic nitrogens is 3. The Kier molecular flexibility index (Phi) is 5.52. The third kappa shape index (κ3) is 3.76. The molecule has 0 spiro atoms. The fourth-order valence-corrected chi connectivity index (χ4v) is 3.68. The van der Waals surface area contributed by atoms with Crippen LogP contribution in [0, 0.1) is 0 Å². The lowest BCUT2D eigenvalue weighted by atomic mass is 10.1. The number of hydrogen-bond acceptors (Lipinski definition) is 6. The lowest BCUT2D eigenvalue weighted by molar-refractivity contribution is 0.0949. The summed E-state index contributed by atoms with van der Waals surface area (Å²) in [5, 5.41) is 17.4. The average molecular weight is 379 g/mol. The standard InChI is InChI=1S/C16H18N6OS.ClH/c23-15(14-10-9-17-6-5-11(10)21-22-14)18-7-8-19-16-20-12-3-1-2-4-13(12)24-16;/h1-4,17H,5-9H2,(H,18,23)(H,19,20)(H,21,22);1H. The second kappa shape index (κ2) is 7.81. The Morgan fingerprint density at radius 3 is 3.04 bits per heavy atom. The molecule has 1 aliphatic heterocycles. The number of para-hydroxylation sites is 1. The molecule has 3 heterocycles. The highest BCUT2D eigenvalue weighted by Crippen LogP contribution is 2.24. The van der Waals surface area contributed by atoms with Crippen molar-refractivity contribution in [1.82, 2.24) is 25.8 Å². The first-order chi connectivity index (χ1) is 11.8. The van der Waals surface area contributed by atoms with Crippen LogP contribution in [0.1, 0.15) is 21.7 Å². The van der Waals surface area contributed by atoms with Crippen molar-refractivity contribution < 1.29 is 4.79 Å². The van der Waals surface area contributed by atoms with Crippen LogP contribution in [-0.4, -0.2) is 40.7 Å². The van der Waals surface area contributed by atoms with E-state index in [2.05, 4.69) is 37.2 Å². The van der Waals surface area contributed by atoms with Gasteiger partial charge in [-0.3, -0.25) is 9.89 Å². The van der Waals surface area contributed by atoms with E-state index in [9.17, 15) is 4.79 Å². The van der Waals surface area contributed by atoms with Crippen molar-refractivity contribution in [3.63, 3.8) is 0 Å². The second-order valence-electron chi connectivity index (χ2n) is 5.63. The molecule has 132 valence electrons. The summed E-state index contributed by atoms with van der Waals surface area (Å²) >= 11 is 1.61. The summed E-state index contributed by atoms with van der Waals surface area (Å²) in [7, 11) is 0. The summed E-state index contributed by atoms with van der Waals surface area (Å²) in [5.41, 5.74) is 3.53. The predicted octanol–water partition coefficient (Wildman–Crippen LogP) is 1.93. The number of rotatable bonds is 5. The SMILES string of the molecule is Cl.O=C(NCCNc1nc2ccccc2s1)c1n[nH]c2c1CNCC2. The van der Waals surface area contributed by atoms with Crippen LogP contribution in [0.4, 0.5) is 5.13 Å². The zero-order valence-electron chi connectivity index (χ0n) is 13.5. The molecule has 25 heavy (non-hydrogen) atoms. The molecule has 4 rings (SSSR count). The maximum Gasteiger partial charge on any atom is 0.272 e. The molecule has 1 aromatic carbocycles. The Bertz CT molecular complexity index is 844. The number of nitrogens with zero attached hydrogens (tertiary/aromatic N) is 2. The van der Waals surface area contributed by atoms with E-state index >= 15 is 0 Å². The van der Waals surface area contributed by atoms with E-state index in [4.69, 9.17) is 0 Å². The first-order valence-electron chi connectivity index (χ1n) is 7.96. The Hall–Kier alpha value is -2.16. The minimum Gasteiger partial charge on any atom is -0.360 e. The van der Waals surface area contributed by atoms with Crippen molar-refractivity contribution in [2.24, 2.45) is 0 Å². The number of H-pyrrole nitrogens is 1. The summed E-state index contributed by atoms with van der Waals surface area (Å²) in [6, 6.07) is 8.03. The molecule has 2 aromatic heterocycles. The second-order valence-corrected chi connectivity index (χ2v) is 6.66. The van der Waals surface area contributed by atoms with E-state index in [0.717, 1.165) is 39.6 Å². The van der Waals surface area contributed by atoms with Crippen LogP contribution in [0.5, 0.6) is 0 Å².